The lowest BCUT2D eigenvalue weighted by Gasteiger charge is -2.43. The van der Waals surface area contributed by atoms with Crippen LogP contribution in [0.5, 0.6) is 0 Å². The molecule has 1 aliphatic heterocycles. The minimum atomic E-state index is -1.24. The van der Waals surface area contributed by atoms with Gasteiger partial charge in [0.2, 0.25) is 0 Å². The maximum Gasteiger partial charge on any atom is 0.320 e. The van der Waals surface area contributed by atoms with Crippen molar-refractivity contribution in [1.82, 2.24) is 0 Å². The molecule has 0 aromatic heterocycles. The fraction of sp³-hybridized carbons (Fsp3) is 0.714. The Morgan fingerprint density at radius 3 is 2.48 bits per heavy atom. The second-order valence-electron chi connectivity index (χ2n) is 8.98. The Morgan fingerprint density at radius 1 is 1.33 bits per heavy atom. The van der Waals surface area contributed by atoms with Gasteiger partial charge in [0.15, 0.2) is 11.6 Å². The first-order valence-electron chi connectivity index (χ1n) is 9.46. The zero-order chi connectivity index (χ0) is 20.0. The summed E-state index contributed by atoms with van der Waals surface area (Å²) in [5.74, 6) is -1.74. The van der Waals surface area contributed by atoms with E-state index in [1.807, 2.05) is 0 Å². The second kappa shape index (κ2) is 7.12. The van der Waals surface area contributed by atoms with E-state index in [1.165, 1.54) is 7.11 Å². The average molecular weight is 441 g/mol. The molecule has 0 radical (unpaired) electrons. The van der Waals surface area contributed by atoms with E-state index in [9.17, 15) is 9.59 Å². The van der Waals surface area contributed by atoms with Gasteiger partial charge in [0.1, 0.15) is 5.41 Å². The van der Waals surface area contributed by atoms with Crippen LogP contribution in [0.3, 0.4) is 0 Å². The summed E-state index contributed by atoms with van der Waals surface area (Å²) >= 11 is 3.37. The molecule has 3 fully saturated rings. The number of methoxy groups -OCH3 is 1. The maximum absolute atomic E-state index is 13.4. The summed E-state index contributed by atoms with van der Waals surface area (Å²) in [4.78, 5) is 26.4. The summed E-state index contributed by atoms with van der Waals surface area (Å²) in [5, 5.41) is 0. The fourth-order valence-corrected chi connectivity index (χ4v) is 5.64. The molecule has 0 unspecified atom stereocenters. The number of ether oxygens (including phenoxy) is 3. The molecule has 0 aromatic rings. The SMILES string of the molecule is C=CC[C@@H]1C(=O)[C@@](CC(=C)Br)(C(=O)OC)[C@H]2CC3(C[C@@H]12)OCC(C)(C)CO3. The Morgan fingerprint density at radius 2 is 1.96 bits per heavy atom. The largest absolute Gasteiger partial charge is 0.468 e. The van der Waals surface area contributed by atoms with E-state index in [0.29, 0.717) is 37.0 Å². The molecule has 150 valence electrons. The van der Waals surface area contributed by atoms with Crippen LogP contribution < -0.4 is 0 Å². The van der Waals surface area contributed by atoms with Crippen LogP contribution in [0.1, 0.15) is 39.5 Å². The molecule has 1 spiro atoms. The number of carbonyl (C=O) groups is 2. The highest BCUT2D eigenvalue weighted by atomic mass is 79.9. The van der Waals surface area contributed by atoms with E-state index < -0.39 is 17.2 Å². The molecule has 2 saturated carbocycles. The van der Waals surface area contributed by atoms with Crippen molar-refractivity contribution in [1.29, 1.82) is 0 Å². The van der Waals surface area contributed by atoms with Crippen molar-refractivity contribution in [3.63, 3.8) is 0 Å². The number of hydrogen-bond acceptors (Lipinski definition) is 5. The monoisotopic (exact) mass is 440 g/mol. The molecule has 0 amide bonds. The number of rotatable bonds is 5. The Balaban J connectivity index is 2.00. The number of esters is 1. The number of hydrogen-bond donors (Lipinski definition) is 0. The van der Waals surface area contributed by atoms with E-state index in [4.69, 9.17) is 14.2 Å². The van der Waals surface area contributed by atoms with Crippen molar-refractivity contribution in [2.45, 2.75) is 45.3 Å². The summed E-state index contributed by atoms with van der Waals surface area (Å²) < 4.78 is 18.2. The lowest BCUT2D eigenvalue weighted by atomic mass is 9.72. The van der Waals surface area contributed by atoms with Crippen LogP contribution in [0, 0.1) is 28.6 Å². The molecular weight excluding hydrogens is 412 g/mol. The Hall–Kier alpha value is -0.980. The van der Waals surface area contributed by atoms with Crippen LogP contribution >= 0.6 is 15.9 Å². The van der Waals surface area contributed by atoms with Gasteiger partial charge in [-0.05, 0) is 22.7 Å². The highest BCUT2D eigenvalue weighted by Gasteiger charge is 2.70. The van der Waals surface area contributed by atoms with Gasteiger partial charge >= 0.3 is 5.97 Å². The van der Waals surface area contributed by atoms with E-state index in [-0.39, 0.29) is 35.4 Å². The van der Waals surface area contributed by atoms with Gasteiger partial charge in [-0.15, -0.1) is 6.58 Å². The van der Waals surface area contributed by atoms with Gasteiger partial charge in [-0.3, -0.25) is 9.59 Å². The van der Waals surface area contributed by atoms with Crippen LogP contribution in [0.2, 0.25) is 0 Å². The third-order valence-corrected chi connectivity index (χ3v) is 6.69. The minimum Gasteiger partial charge on any atom is -0.468 e. The Bertz CT molecular complexity index is 659. The average Bonchev–Trinajstić information content (AvgIpc) is 3.07. The summed E-state index contributed by atoms with van der Waals surface area (Å²) in [5.41, 5.74) is -1.28. The van der Waals surface area contributed by atoms with Crippen molar-refractivity contribution in [2.24, 2.45) is 28.6 Å². The van der Waals surface area contributed by atoms with Crippen LogP contribution in [0.25, 0.3) is 0 Å². The van der Waals surface area contributed by atoms with Gasteiger partial charge in [-0.25, -0.2) is 0 Å². The lowest BCUT2D eigenvalue weighted by molar-refractivity contribution is -0.298. The molecule has 0 bridgehead atoms. The smallest absolute Gasteiger partial charge is 0.320 e. The van der Waals surface area contributed by atoms with Gasteiger partial charge in [0, 0.05) is 30.6 Å². The van der Waals surface area contributed by atoms with Gasteiger partial charge in [-0.2, -0.15) is 0 Å². The number of fused-ring (bicyclic) bond motifs is 1. The molecule has 3 rings (SSSR count). The van der Waals surface area contributed by atoms with E-state index in [1.54, 1.807) is 6.08 Å². The van der Waals surface area contributed by atoms with Gasteiger partial charge in [-0.1, -0.05) is 42.4 Å². The Kier molecular flexibility index (Phi) is 5.47. The molecular formula is C21H29BrO5. The summed E-state index contributed by atoms with van der Waals surface area (Å²) in [6.07, 6.45) is 3.66. The summed E-state index contributed by atoms with van der Waals surface area (Å²) in [6.45, 7) is 13.1. The first-order valence-corrected chi connectivity index (χ1v) is 10.2. The standard InChI is InChI=1S/C21H29BrO5/c1-6-7-14-15-9-20(26-11-19(3,4)12-27-20)10-16(15)21(17(14)23,8-13(2)22)18(24)25-5/h6,14-16H,1-2,7-12H2,3-5H3/t14-,15-,16-,21-/m0/s1. The predicted octanol–water partition coefficient (Wildman–Crippen LogP) is 4.02. The van der Waals surface area contributed by atoms with E-state index in [0.717, 1.165) is 0 Å². The van der Waals surface area contributed by atoms with Gasteiger partial charge in [0.05, 0.1) is 20.3 Å². The lowest BCUT2D eigenvalue weighted by Crippen LogP contribution is -2.49. The minimum absolute atomic E-state index is 0.00247. The van der Waals surface area contributed by atoms with E-state index in [2.05, 4.69) is 42.9 Å². The quantitative estimate of drug-likeness (QED) is 0.367. The first-order chi connectivity index (χ1) is 12.6. The normalized spacial score (nSPS) is 36.4. The molecule has 2 aliphatic carbocycles. The summed E-state index contributed by atoms with van der Waals surface area (Å²) in [7, 11) is 1.34. The number of ketones is 1. The zero-order valence-corrected chi connectivity index (χ0v) is 18.0. The molecule has 27 heavy (non-hydrogen) atoms. The van der Waals surface area contributed by atoms with Crippen molar-refractivity contribution in [3.8, 4) is 0 Å². The maximum atomic E-state index is 13.4. The molecule has 1 saturated heterocycles. The van der Waals surface area contributed by atoms with Crippen LogP contribution in [0.15, 0.2) is 23.7 Å². The van der Waals surface area contributed by atoms with Crippen molar-refractivity contribution >= 4 is 27.7 Å². The molecule has 0 aromatic carbocycles. The predicted molar refractivity (Wildman–Crippen MR) is 105 cm³/mol. The van der Waals surface area contributed by atoms with Crippen molar-refractivity contribution in [2.75, 3.05) is 20.3 Å². The molecule has 1 heterocycles. The van der Waals surface area contributed by atoms with Crippen LogP contribution in [-0.4, -0.2) is 37.9 Å². The summed E-state index contributed by atoms with van der Waals surface area (Å²) in [6, 6.07) is 0. The first kappa shape index (κ1) is 20.7. The fourth-order valence-electron chi connectivity index (χ4n) is 5.20. The molecule has 6 heteroatoms. The Labute approximate surface area is 169 Å². The number of carbonyl (C=O) groups excluding carboxylic acids is 2. The third-order valence-electron chi connectivity index (χ3n) is 6.41. The molecule has 3 aliphatic rings. The van der Waals surface area contributed by atoms with E-state index >= 15 is 0 Å². The molecule has 0 N–H and O–H groups in total. The zero-order valence-electron chi connectivity index (χ0n) is 16.4. The highest BCUT2D eigenvalue weighted by molar-refractivity contribution is 9.11. The van der Waals surface area contributed by atoms with Crippen LogP contribution in [0.4, 0.5) is 0 Å². The topological polar surface area (TPSA) is 61.8 Å². The number of allylic oxidation sites excluding steroid dienone is 2. The molecule has 4 atom stereocenters. The van der Waals surface area contributed by atoms with Gasteiger partial charge < -0.3 is 14.2 Å². The van der Waals surface area contributed by atoms with Crippen molar-refractivity contribution < 1.29 is 23.8 Å². The number of Topliss-reactive ketones (excluding diaryl/α,β-unsaturated/α-hetero) is 1. The number of halogens is 1. The molecule has 5 nitrogen and oxygen atoms in total. The highest BCUT2D eigenvalue weighted by Crippen LogP contribution is 2.63. The van der Waals surface area contributed by atoms with Crippen molar-refractivity contribution in [3.05, 3.63) is 23.7 Å². The second-order valence-corrected chi connectivity index (χ2v) is 10.1. The third kappa shape index (κ3) is 3.34. The van der Waals surface area contributed by atoms with Gasteiger partial charge in [0.25, 0.3) is 0 Å². The van der Waals surface area contributed by atoms with Crippen LogP contribution in [-0.2, 0) is 23.8 Å².